The van der Waals surface area contributed by atoms with E-state index < -0.39 is 21.7 Å². The molecule has 0 aliphatic heterocycles. The average molecular weight is 353 g/mol. The summed E-state index contributed by atoms with van der Waals surface area (Å²) in [6, 6.07) is 3.21. The zero-order valence-corrected chi connectivity index (χ0v) is 14.1. The van der Waals surface area contributed by atoms with Gasteiger partial charge in [-0.05, 0) is 32.9 Å². The van der Waals surface area contributed by atoms with Gasteiger partial charge in [0, 0.05) is 18.3 Å². The fraction of sp³-hybridized carbons (Fsp3) is 0.357. The standard InChI is InChI=1S/C14H16FN5O3S/c1-4-19-9(3)17-18-14(19)24-8(2)13(21)16-10-5-6-11(15)12(7-10)20(22)23/h5-8H,4H2,1-3H3,(H,16,21). The molecule has 2 rings (SSSR count). The number of thioether (sulfide) groups is 1. The Morgan fingerprint density at radius 2 is 2.21 bits per heavy atom. The minimum Gasteiger partial charge on any atom is -0.325 e. The zero-order chi connectivity index (χ0) is 17.9. The molecule has 1 amide bonds. The third kappa shape index (κ3) is 3.88. The van der Waals surface area contributed by atoms with Gasteiger partial charge in [-0.3, -0.25) is 14.9 Å². The quantitative estimate of drug-likeness (QED) is 0.486. The highest BCUT2D eigenvalue weighted by atomic mass is 32.2. The van der Waals surface area contributed by atoms with E-state index >= 15 is 0 Å². The van der Waals surface area contributed by atoms with E-state index in [-0.39, 0.29) is 11.6 Å². The Morgan fingerprint density at radius 3 is 2.83 bits per heavy atom. The maximum atomic E-state index is 13.3. The molecule has 8 nitrogen and oxygen atoms in total. The molecule has 0 spiro atoms. The molecule has 1 aromatic carbocycles. The van der Waals surface area contributed by atoms with Crippen LogP contribution in [0.1, 0.15) is 19.7 Å². The zero-order valence-electron chi connectivity index (χ0n) is 13.3. The summed E-state index contributed by atoms with van der Waals surface area (Å²) in [5, 5.41) is 21.4. The maximum absolute atomic E-state index is 13.3. The van der Waals surface area contributed by atoms with Gasteiger partial charge in [-0.15, -0.1) is 10.2 Å². The van der Waals surface area contributed by atoms with Crippen molar-refractivity contribution in [1.82, 2.24) is 14.8 Å². The third-order valence-electron chi connectivity index (χ3n) is 3.28. The molecule has 0 radical (unpaired) electrons. The molecule has 1 N–H and O–H groups in total. The number of nitrogens with zero attached hydrogens (tertiary/aromatic N) is 4. The van der Waals surface area contributed by atoms with Gasteiger partial charge in [-0.1, -0.05) is 11.8 Å². The van der Waals surface area contributed by atoms with Crippen molar-refractivity contribution in [3.8, 4) is 0 Å². The summed E-state index contributed by atoms with van der Waals surface area (Å²) in [5.74, 6) is -0.571. The Labute approximate surface area is 141 Å². The van der Waals surface area contributed by atoms with E-state index in [0.29, 0.717) is 11.7 Å². The number of aryl methyl sites for hydroxylation is 1. The first-order valence-corrected chi connectivity index (χ1v) is 8.02. The van der Waals surface area contributed by atoms with Crippen LogP contribution in [-0.4, -0.2) is 30.8 Å². The van der Waals surface area contributed by atoms with Crippen molar-refractivity contribution in [2.24, 2.45) is 0 Å². The molecular formula is C14H16FN5O3S. The summed E-state index contributed by atoms with van der Waals surface area (Å²) in [4.78, 5) is 22.1. The van der Waals surface area contributed by atoms with E-state index in [4.69, 9.17) is 0 Å². The second-order valence-corrected chi connectivity index (χ2v) is 6.25. The second-order valence-electron chi connectivity index (χ2n) is 4.95. The van der Waals surface area contributed by atoms with Crippen LogP contribution in [0.2, 0.25) is 0 Å². The number of amides is 1. The largest absolute Gasteiger partial charge is 0.325 e. The van der Waals surface area contributed by atoms with Crippen LogP contribution in [0.25, 0.3) is 0 Å². The number of hydrogen-bond acceptors (Lipinski definition) is 6. The highest BCUT2D eigenvalue weighted by Gasteiger charge is 2.20. The van der Waals surface area contributed by atoms with E-state index in [1.165, 1.54) is 17.8 Å². The predicted octanol–water partition coefficient (Wildman–Crippen LogP) is 2.77. The Bertz CT molecular complexity index is 780. The number of carbonyl (C=O) groups excluding carboxylic acids is 1. The Balaban J connectivity index is 2.09. The van der Waals surface area contributed by atoms with Gasteiger partial charge in [0.25, 0.3) is 0 Å². The first kappa shape index (κ1) is 17.9. The van der Waals surface area contributed by atoms with Crippen LogP contribution in [0, 0.1) is 22.9 Å². The number of nitro groups is 1. The summed E-state index contributed by atoms with van der Waals surface area (Å²) in [7, 11) is 0. The van der Waals surface area contributed by atoms with Gasteiger partial charge in [0.1, 0.15) is 5.82 Å². The molecule has 128 valence electrons. The van der Waals surface area contributed by atoms with Crippen LogP contribution in [0.5, 0.6) is 0 Å². The van der Waals surface area contributed by atoms with Crippen LogP contribution >= 0.6 is 11.8 Å². The van der Waals surface area contributed by atoms with E-state index in [9.17, 15) is 19.3 Å². The van der Waals surface area contributed by atoms with E-state index in [1.807, 2.05) is 18.4 Å². The van der Waals surface area contributed by atoms with Crippen LogP contribution in [-0.2, 0) is 11.3 Å². The average Bonchev–Trinajstić information content (AvgIpc) is 2.88. The molecule has 1 aromatic heterocycles. The fourth-order valence-corrected chi connectivity index (χ4v) is 2.96. The first-order valence-electron chi connectivity index (χ1n) is 7.14. The van der Waals surface area contributed by atoms with Crippen LogP contribution in [0.3, 0.4) is 0 Å². The third-order valence-corrected chi connectivity index (χ3v) is 4.36. The van der Waals surface area contributed by atoms with Crippen LogP contribution in [0.15, 0.2) is 23.4 Å². The molecule has 10 heteroatoms. The van der Waals surface area contributed by atoms with Crippen LogP contribution in [0.4, 0.5) is 15.8 Å². The number of halogens is 1. The Morgan fingerprint density at radius 1 is 1.50 bits per heavy atom. The van der Waals surface area contributed by atoms with Gasteiger partial charge in [-0.25, -0.2) is 0 Å². The molecule has 0 aliphatic rings. The SMILES string of the molecule is CCn1c(C)nnc1SC(C)C(=O)Nc1ccc(F)c([N+](=O)[O-])c1. The molecule has 1 atom stereocenters. The smallest absolute Gasteiger partial charge is 0.306 e. The van der Waals surface area contributed by atoms with Crippen molar-refractivity contribution in [2.75, 3.05) is 5.32 Å². The maximum Gasteiger partial charge on any atom is 0.306 e. The number of nitro benzene ring substituents is 1. The molecule has 2 aromatic rings. The summed E-state index contributed by atoms with van der Waals surface area (Å²) in [6.45, 7) is 6.13. The number of aromatic nitrogens is 3. The molecular weight excluding hydrogens is 337 g/mol. The molecule has 0 saturated carbocycles. The summed E-state index contributed by atoms with van der Waals surface area (Å²) < 4.78 is 15.2. The molecule has 24 heavy (non-hydrogen) atoms. The van der Waals surface area contributed by atoms with Gasteiger partial charge in [0.15, 0.2) is 5.16 Å². The summed E-state index contributed by atoms with van der Waals surface area (Å²) in [6.07, 6.45) is 0. The van der Waals surface area contributed by atoms with E-state index in [1.54, 1.807) is 6.92 Å². The summed E-state index contributed by atoms with van der Waals surface area (Å²) in [5.41, 5.74) is -0.525. The van der Waals surface area contributed by atoms with Crippen molar-refractivity contribution < 1.29 is 14.1 Å². The number of carbonyl (C=O) groups is 1. The van der Waals surface area contributed by atoms with E-state index in [2.05, 4.69) is 15.5 Å². The van der Waals surface area contributed by atoms with Crippen molar-refractivity contribution in [3.05, 3.63) is 40.0 Å². The lowest BCUT2D eigenvalue weighted by molar-refractivity contribution is -0.387. The van der Waals surface area contributed by atoms with Gasteiger partial charge < -0.3 is 9.88 Å². The minimum absolute atomic E-state index is 0.161. The number of anilines is 1. The number of hydrogen-bond donors (Lipinski definition) is 1. The van der Waals surface area contributed by atoms with Crippen molar-refractivity contribution >= 4 is 29.0 Å². The highest BCUT2D eigenvalue weighted by molar-refractivity contribution is 8.00. The monoisotopic (exact) mass is 353 g/mol. The fourth-order valence-electron chi connectivity index (χ4n) is 2.00. The van der Waals surface area contributed by atoms with Crippen molar-refractivity contribution in [2.45, 2.75) is 37.7 Å². The van der Waals surface area contributed by atoms with Crippen molar-refractivity contribution in [3.63, 3.8) is 0 Å². The molecule has 0 bridgehead atoms. The summed E-state index contributed by atoms with van der Waals surface area (Å²) >= 11 is 1.23. The lowest BCUT2D eigenvalue weighted by Gasteiger charge is -2.12. The van der Waals surface area contributed by atoms with Gasteiger partial charge >= 0.3 is 5.69 Å². The Hall–Kier alpha value is -2.49. The lowest BCUT2D eigenvalue weighted by atomic mass is 10.2. The Kier molecular flexibility index (Phi) is 5.50. The topological polar surface area (TPSA) is 103 Å². The van der Waals surface area contributed by atoms with Crippen LogP contribution < -0.4 is 5.32 Å². The lowest BCUT2D eigenvalue weighted by Crippen LogP contribution is -2.23. The molecule has 1 unspecified atom stereocenters. The van der Waals surface area contributed by atoms with Gasteiger partial charge in [-0.2, -0.15) is 4.39 Å². The van der Waals surface area contributed by atoms with Gasteiger partial charge in [0.2, 0.25) is 11.7 Å². The number of nitrogens with one attached hydrogen (secondary N) is 1. The number of rotatable bonds is 6. The second kappa shape index (κ2) is 7.39. The molecule has 0 saturated heterocycles. The minimum atomic E-state index is -0.952. The van der Waals surface area contributed by atoms with Crippen molar-refractivity contribution in [1.29, 1.82) is 0 Å². The van der Waals surface area contributed by atoms with Gasteiger partial charge in [0.05, 0.1) is 10.2 Å². The predicted molar refractivity (Wildman–Crippen MR) is 87.4 cm³/mol. The molecule has 0 aliphatic carbocycles. The number of benzene rings is 1. The molecule has 1 heterocycles. The highest BCUT2D eigenvalue weighted by Crippen LogP contribution is 2.25. The molecule has 0 fully saturated rings. The van der Waals surface area contributed by atoms with E-state index in [0.717, 1.165) is 18.0 Å². The normalized spacial score (nSPS) is 12.0. The first-order chi connectivity index (χ1) is 11.3.